The first-order chi connectivity index (χ1) is 4.73. The van der Waals surface area contributed by atoms with Crippen molar-refractivity contribution in [3.05, 3.63) is 0 Å². The van der Waals surface area contributed by atoms with Gasteiger partial charge in [0.05, 0.1) is 0 Å². The van der Waals surface area contributed by atoms with Crippen molar-refractivity contribution in [3.63, 3.8) is 0 Å². The quantitative estimate of drug-likeness (QED) is 0.578. The fourth-order valence-electron chi connectivity index (χ4n) is 2.14. The average molecular weight is 140 g/mol. The molecule has 0 spiro atoms. The van der Waals surface area contributed by atoms with Crippen LogP contribution in [0.25, 0.3) is 0 Å². The van der Waals surface area contributed by atoms with Gasteiger partial charge in [0, 0.05) is 24.7 Å². The lowest BCUT2D eigenvalue weighted by molar-refractivity contribution is 0.0247. The van der Waals surface area contributed by atoms with Crippen molar-refractivity contribution >= 4 is 0 Å². The average Bonchev–Trinajstić information content (AvgIpc) is 1.85. The Kier molecular flexibility index (Phi) is 1.29. The maximum atomic E-state index is 3.53. The molecule has 0 aliphatic carbocycles. The van der Waals surface area contributed by atoms with E-state index in [0.717, 1.165) is 12.0 Å². The van der Waals surface area contributed by atoms with Crippen molar-refractivity contribution in [2.75, 3.05) is 13.1 Å². The van der Waals surface area contributed by atoms with Crippen molar-refractivity contribution in [1.29, 1.82) is 0 Å². The minimum absolute atomic E-state index is 0.522. The Labute approximate surface area is 62.4 Å². The largest absolute Gasteiger partial charge is 0.309 e. The van der Waals surface area contributed by atoms with Crippen molar-refractivity contribution in [3.8, 4) is 0 Å². The number of nitrogens with one attached hydrogen (secondary N) is 2. The zero-order valence-electron chi connectivity index (χ0n) is 6.78. The number of rotatable bonds is 2. The summed E-state index contributed by atoms with van der Waals surface area (Å²) in [6.45, 7) is 6.97. The van der Waals surface area contributed by atoms with Crippen LogP contribution in [0.5, 0.6) is 0 Å². The molecule has 0 aromatic carbocycles. The minimum Gasteiger partial charge on any atom is -0.309 e. The van der Waals surface area contributed by atoms with Gasteiger partial charge in [-0.15, -0.1) is 0 Å². The van der Waals surface area contributed by atoms with Gasteiger partial charge in [-0.05, 0) is 12.3 Å². The Morgan fingerprint density at radius 2 is 2.40 bits per heavy atom. The number of hydrogen-bond acceptors (Lipinski definition) is 2. The van der Waals surface area contributed by atoms with E-state index in [1.165, 1.54) is 19.5 Å². The minimum atomic E-state index is 0.522. The first kappa shape index (κ1) is 6.62. The molecule has 2 heteroatoms. The van der Waals surface area contributed by atoms with Gasteiger partial charge in [0.15, 0.2) is 0 Å². The van der Waals surface area contributed by atoms with E-state index in [1.807, 2.05) is 0 Å². The molecule has 0 saturated carbocycles. The number of piperazine rings is 1. The summed E-state index contributed by atoms with van der Waals surface area (Å²) in [5.41, 5.74) is 0.522. The monoisotopic (exact) mass is 140 g/mol. The zero-order valence-corrected chi connectivity index (χ0v) is 6.78. The summed E-state index contributed by atoms with van der Waals surface area (Å²) in [4.78, 5) is 0. The molecule has 2 atom stereocenters. The van der Waals surface area contributed by atoms with Crippen LogP contribution in [0.4, 0.5) is 0 Å². The highest BCUT2D eigenvalue weighted by molar-refractivity contribution is 5.17. The fourth-order valence-corrected chi connectivity index (χ4v) is 2.14. The molecule has 2 N–H and O–H groups in total. The lowest BCUT2D eigenvalue weighted by atomic mass is 9.70. The van der Waals surface area contributed by atoms with Gasteiger partial charge < -0.3 is 10.6 Å². The van der Waals surface area contributed by atoms with Gasteiger partial charge in [-0.25, -0.2) is 0 Å². The fraction of sp³-hybridized carbons (Fsp3) is 1.00. The highest BCUT2D eigenvalue weighted by Crippen LogP contribution is 2.32. The lowest BCUT2D eigenvalue weighted by Crippen LogP contribution is -2.86. The molecular formula is C8H16N2. The molecule has 58 valence electrons. The van der Waals surface area contributed by atoms with Gasteiger partial charge in [-0.1, -0.05) is 13.8 Å². The molecule has 2 aliphatic rings. The Balaban J connectivity index is 1.91. The summed E-state index contributed by atoms with van der Waals surface area (Å²) in [6, 6.07) is 0.801. The molecule has 2 rings (SSSR count). The molecule has 0 aromatic rings. The summed E-state index contributed by atoms with van der Waals surface area (Å²) in [5, 5.41) is 6.96. The molecule has 2 aliphatic heterocycles. The third kappa shape index (κ3) is 0.722. The number of fused-ring (bicyclic) bond motifs is 1. The summed E-state index contributed by atoms with van der Waals surface area (Å²) in [5.74, 6) is 0.831. The summed E-state index contributed by atoms with van der Waals surface area (Å²) in [7, 11) is 0. The third-order valence-electron chi connectivity index (χ3n) is 2.76. The molecule has 2 nitrogen and oxygen atoms in total. The second kappa shape index (κ2) is 1.95. The van der Waals surface area contributed by atoms with Gasteiger partial charge in [0.2, 0.25) is 0 Å². The molecule has 2 fully saturated rings. The first-order valence-corrected chi connectivity index (χ1v) is 4.21. The maximum absolute atomic E-state index is 3.53. The van der Waals surface area contributed by atoms with Crippen LogP contribution in [0.2, 0.25) is 0 Å². The second-order valence-electron chi connectivity index (χ2n) is 4.07. The van der Waals surface area contributed by atoms with Crippen molar-refractivity contribution in [2.45, 2.75) is 31.8 Å². The second-order valence-corrected chi connectivity index (χ2v) is 4.07. The number of hydrogen-bond donors (Lipinski definition) is 2. The Bertz CT molecular complexity index is 134. The summed E-state index contributed by atoms with van der Waals surface area (Å²) < 4.78 is 0. The predicted molar refractivity (Wildman–Crippen MR) is 42.0 cm³/mol. The van der Waals surface area contributed by atoms with Crippen LogP contribution in [0.15, 0.2) is 0 Å². The predicted octanol–water partition coefficient (Wildman–Crippen LogP) is 0.346. The van der Waals surface area contributed by atoms with Crippen LogP contribution in [0.3, 0.4) is 0 Å². The molecule has 2 saturated heterocycles. The first-order valence-electron chi connectivity index (χ1n) is 4.21. The lowest BCUT2D eigenvalue weighted by Gasteiger charge is -2.60. The van der Waals surface area contributed by atoms with E-state index in [0.29, 0.717) is 5.54 Å². The van der Waals surface area contributed by atoms with Crippen LogP contribution in [-0.2, 0) is 0 Å². The molecular weight excluding hydrogens is 124 g/mol. The van der Waals surface area contributed by atoms with Crippen LogP contribution < -0.4 is 10.6 Å². The van der Waals surface area contributed by atoms with E-state index in [9.17, 15) is 0 Å². The van der Waals surface area contributed by atoms with Gasteiger partial charge in [0.25, 0.3) is 0 Å². The SMILES string of the molecule is CC(C)C[C@@]12CNC1CN2. The normalized spacial score (nSPS) is 44.1. The van der Waals surface area contributed by atoms with Crippen molar-refractivity contribution < 1.29 is 0 Å². The van der Waals surface area contributed by atoms with E-state index >= 15 is 0 Å². The maximum Gasteiger partial charge on any atom is 0.0476 e. The summed E-state index contributed by atoms with van der Waals surface area (Å²) >= 11 is 0. The van der Waals surface area contributed by atoms with Gasteiger partial charge >= 0.3 is 0 Å². The highest BCUT2D eigenvalue weighted by Gasteiger charge is 2.53. The zero-order chi connectivity index (χ0) is 7.19. The van der Waals surface area contributed by atoms with Gasteiger partial charge in [0.1, 0.15) is 0 Å². The van der Waals surface area contributed by atoms with Crippen molar-refractivity contribution in [2.24, 2.45) is 5.92 Å². The van der Waals surface area contributed by atoms with E-state index < -0.39 is 0 Å². The molecule has 0 aromatic heterocycles. The van der Waals surface area contributed by atoms with E-state index in [-0.39, 0.29) is 0 Å². The molecule has 1 unspecified atom stereocenters. The highest BCUT2D eigenvalue weighted by atomic mass is 15.3. The molecule has 2 heterocycles. The van der Waals surface area contributed by atoms with Crippen LogP contribution in [0, 0.1) is 5.92 Å². The third-order valence-corrected chi connectivity index (χ3v) is 2.76. The van der Waals surface area contributed by atoms with E-state index in [1.54, 1.807) is 0 Å². The summed E-state index contributed by atoms with van der Waals surface area (Å²) in [6.07, 6.45) is 1.34. The van der Waals surface area contributed by atoms with Crippen LogP contribution in [0.1, 0.15) is 20.3 Å². The Morgan fingerprint density at radius 3 is 2.50 bits per heavy atom. The molecule has 10 heavy (non-hydrogen) atoms. The van der Waals surface area contributed by atoms with Gasteiger partial charge in [-0.2, -0.15) is 0 Å². The van der Waals surface area contributed by atoms with E-state index in [2.05, 4.69) is 24.5 Å². The van der Waals surface area contributed by atoms with Crippen molar-refractivity contribution in [1.82, 2.24) is 10.6 Å². The Morgan fingerprint density at radius 1 is 1.60 bits per heavy atom. The van der Waals surface area contributed by atoms with Crippen LogP contribution >= 0.6 is 0 Å². The molecule has 0 bridgehead atoms. The molecule has 0 radical (unpaired) electrons. The topological polar surface area (TPSA) is 24.1 Å². The van der Waals surface area contributed by atoms with Crippen LogP contribution in [-0.4, -0.2) is 24.7 Å². The Hall–Kier alpha value is -0.0800. The smallest absolute Gasteiger partial charge is 0.0476 e. The molecule has 0 amide bonds. The van der Waals surface area contributed by atoms with E-state index in [4.69, 9.17) is 0 Å². The standard InChI is InChI=1S/C8H16N2/c1-6(2)3-8-5-9-7(8)4-10-8/h6-7,9-10H,3-5H2,1-2H3/t7?,8-/m1/s1. The van der Waals surface area contributed by atoms with Gasteiger partial charge in [-0.3, -0.25) is 0 Å².